The summed E-state index contributed by atoms with van der Waals surface area (Å²) in [6.45, 7) is 1.98. The highest BCUT2D eigenvalue weighted by atomic mass is 19.1. The number of nitro benzene ring substituents is 1. The van der Waals surface area contributed by atoms with Gasteiger partial charge in [0.2, 0.25) is 0 Å². The lowest BCUT2D eigenvalue weighted by molar-refractivity contribution is -0.385. The Morgan fingerprint density at radius 2 is 2.00 bits per heavy atom. The van der Waals surface area contributed by atoms with E-state index in [0.717, 1.165) is 0 Å². The number of hydrogen-bond donors (Lipinski definition) is 1. The van der Waals surface area contributed by atoms with Gasteiger partial charge in [-0.25, -0.2) is 8.78 Å². The number of benzene rings is 1. The highest BCUT2D eigenvalue weighted by molar-refractivity contribution is 5.54. The molecule has 0 aromatic heterocycles. The van der Waals surface area contributed by atoms with Crippen LogP contribution in [0.5, 0.6) is 0 Å². The van der Waals surface area contributed by atoms with Gasteiger partial charge in [-0.1, -0.05) is 0 Å². The van der Waals surface area contributed by atoms with Crippen LogP contribution in [0.1, 0.15) is 13.3 Å². The summed E-state index contributed by atoms with van der Waals surface area (Å²) in [6, 6.07) is 1.37. The molecule has 98 valence electrons. The van der Waals surface area contributed by atoms with E-state index < -0.39 is 27.8 Å². The van der Waals surface area contributed by atoms with Crippen molar-refractivity contribution in [2.45, 2.75) is 18.9 Å². The molecule has 1 N–H and O–H groups in total. The molecule has 1 aromatic rings. The molecule has 0 amide bonds. The highest BCUT2D eigenvalue weighted by Gasteiger charge is 2.34. The van der Waals surface area contributed by atoms with Crippen molar-refractivity contribution in [3.8, 4) is 0 Å². The quantitative estimate of drug-likeness (QED) is 0.649. The van der Waals surface area contributed by atoms with Gasteiger partial charge >= 0.3 is 0 Å². The van der Waals surface area contributed by atoms with E-state index in [4.69, 9.17) is 0 Å². The number of nitro groups is 1. The van der Waals surface area contributed by atoms with Gasteiger partial charge in [0.1, 0.15) is 5.69 Å². The molecule has 1 aliphatic heterocycles. The van der Waals surface area contributed by atoms with Crippen LogP contribution in [0.15, 0.2) is 12.1 Å². The number of hydrogen-bond acceptors (Lipinski definition) is 4. The number of rotatable bonds is 2. The zero-order chi connectivity index (χ0) is 13.5. The Hall–Kier alpha value is -1.76. The van der Waals surface area contributed by atoms with Gasteiger partial charge in [0.05, 0.1) is 22.7 Å². The molecule has 0 aliphatic carbocycles. The summed E-state index contributed by atoms with van der Waals surface area (Å²) < 4.78 is 27.4. The van der Waals surface area contributed by atoms with E-state index in [-0.39, 0.29) is 12.2 Å². The van der Waals surface area contributed by atoms with Crippen LogP contribution >= 0.6 is 0 Å². The maximum Gasteiger partial charge on any atom is 0.275 e. The van der Waals surface area contributed by atoms with E-state index in [1.54, 1.807) is 6.92 Å². The lowest BCUT2D eigenvalue weighted by Crippen LogP contribution is -2.30. The molecule has 0 bridgehead atoms. The molecule has 1 aliphatic rings. The molecule has 2 rings (SSSR count). The molecular formula is C11H12F2N2O3. The topological polar surface area (TPSA) is 66.6 Å². The fourth-order valence-corrected chi connectivity index (χ4v) is 2.10. The van der Waals surface area contributed by atoms with Crippen LogP contribution in [0, 0.1) is 21.7 Å². The van der Waals surface area contributed by atoms with Crippen molar-refractivity contribution in [2.75, 3.05) is 18.0 Å². The van der Waals surface area contributed by atoms with Gasteiger partial charge in [0.25, 0.3) is 5.69 Å². The highest BCUT2D eigenvalue weighted by Crippen LogP contribution is 2.32. The predicted molar refractivity (Wildman–Crippen MR) is 60.5 cm³/mol. The second-order valence-corrected chi connectivity index (χ2v) is 4.68. The van der Waals surface area contributed by atoms with Crippen LogP contribution in [0.4, 0.5) is 20.2 Å². The zero-order valence-corrected chi connectivity index (χ0v) is 9.69. The zero-order valence-electron chi connectivity index (χ0n) is 9.69. The minimum atomic E-state index is -0.999. The number of anilines is 1. The van der Waals surface area contributed by atoms with Crippen LogP contribution in [0.3, 0.4) is 0 Å². The smallest absolute Gasteiger partial charge is 0.275 e. The van der Waals surface area contributed by atoms with Gasteiger partial charge in [-0.15, -0.1) is 0 Å². The molecule has 5 nitrogen and oxygen atoms in total. The summed E-state index contributed by atoms with van der Waals surface area (Å²) in [4.78, 5) is 11.0. The van der Waals surface area contributed by atoms with Crippen molar-refractivity contribution < 1.29 is 18.8 Å². The van der Waals surface area contributed by atoms with Gasteiger partial charge in [0.15, 0.2) is 11.6 Å². The van der Waals surface area contributed by atoms with E-state index in [1.807, 2.05) is 0 Å². The maximum atomic E-state index is 13.7. The predicted octanol–water partition coefficient (Wildman–Crippen LogP) is 1.83. The molecule has 1 aromatic carbocycles. The summed E-state index contributed by atoms with van der Waals surface area (Å²) in [5, 5.41) is 20.2. The molecular weight excluding hydrogens is 246 g/mol. The van der Waals surface area contributed by atoms with E-state index in [2.05, 4.69) is 0 Å². The lowest BCUT2D eigenvalue weighted by Gasteiger charge is -2.21. The SMILES string of the molecule is CC1(O)CCN(c2c(F)cc([N+](=O)[O-])cc2F)C1. The second kappa shape index (κ2) is 4.16. The number of nitrogens with zero attached hydrogens (tertiary/aromatic N) is 2. The molecule has 7 heteroatoms. The third kappa shape index (κ3) is 2.26. The van der Waals surface area contributed by atoms with Gasteiger partial charge in [-0.3, -0.25) is 10.1 Å². The molecule has 1 fully saturated rings. The largest absolute Gasteiger partial charge is 0.388 e. The Labute approximate surface area is 102 Å². The van der Waals surface area contributed by atoms with Gasteiger partial charge in [-0.05, 0) is 13.3 Å². The third-order valence-electron chi connectivity index (χ3n) is 2.98. The molecule has 0 saturated carbocycles. The Bertz CT molecular complexity index is 482. The van der Waals surface area contributed by atoms with Gasteiger partial charge in [-0.2, -0.15) is 0 Å². The fourth-order valence-electron chi connectivity index (χ4n) is 2.10. The number of non-ortho nitro benzene ring substituents is 1. The fraction of sp³-hybridized carbons (Fsp3) is 0.455. The Morgan fingerprint density at radius 1 is 1.44 bits per heavy atom. The standard InChI is InChI=1S/C11H12F2N2O3/c1-11(16)2-3-14(6-11)10-8(12)4-7(15(17)18)5-9(10)13/h4-5,16H,2-3,6H2,1H3. The van der Waals surface area contributed by atoms with Crippen molar-refractivity contribution in [3.05, 3.63) is 33.9 Å². The Morgan fingerprint density at radius 3 is 2.39 bits per heavy atom. The molecule has 1 heterocycles. The minimum Gasteiger partial charge on any atom is -0.388 e. The van der Waals surface area contributed by atoms with Crippen LogP contribution in [0.25, 0.3) is 0 Å². The molecule has 18 heavy (non-hydrogen) atoms. The third-order valence-corrected chi connectivity index (χ3v) is 2.98. The molecule has 1 saturated heterocycles. The van der Waals surface area contributed by atoms with E-state index in [0.29, 0.717) is 25.1 Å². The van der Waals surface area contributed by atoms with Gasteiger partial charge in [0, 0.05) is 13.1 Å². The van der Waals surface area contributed by atoms with Crippen molar-refractivity contribution in [2.24, 2.45) is 0 Å². The first-order chi connectivity index (χ1) is 8.30. The van der Waals surface area contributed by atoms with Gasteiger partial charge < -0.3 is 10.0 Å². The summed E-state index contributed by atoms with van der Waals surface area (Å²) >= 11 is 0. The van der Waals surface area contributed by atoms with Crippen molar-refractivity contribution in [1.29, 1.82) is 0 Å². The average molecular weight is 258 g/mol. The van der Waals surface area contributed by atoms with E-state index in [1.165, 1.54) is 4.90 Å². The first-order valence-corrected chi connectivity index (χ1v) is 5.41. The Kier molecular flexibility index (Phi) is 2.94. The van der Waals surface area contributed by atoms with E-state index >= 15 is 0 Å². The monoisotopic (exact) mass is 258 g/mol. The number of aliphatic hydroxyl groups is 1. The van der Waals surface area contributed by atoms with Crippen LogP contribution in [-0.2, 0) is 0 Å². The minimum absolute atomic E-state index is 0.0959. The summed E-state index contributed by atoms with van der Waals surface area (Å²) in [6.07, 6.45) is 0.392. The van der Waals surface area contributed by atoms with Crippen molar-refractivity contribution >= 4 is 11.4 Å². The van der Waals surface area contributed by atoms with Crippen LogP contribution in [0.2, 0.25) is 0 Å². The molecule has 1 unspecified atom stereocenters. The Balaban J connectivity index is 2.38. The first-order valence-electron chi connectivity index (χ1n) is 5.41. The molecule has 1 atom stereocenters. The van der Waals surface area contributed by atoms with E-state index in [9.17, 15) is 24.0 Å². The van der Waals surface area contributed by atoms with Crippen LogP contribution in [-0.4, -0.2) is 28.7 Å². The average Bonchev–Trinajstić information content (AvgIpc) is 2.57. The summed E-state index contributed by atoms with van der Waals surface area (Å²) in [5.41, 5.74) is -1.95. The normalized spacial score (nSPS) is 23.4. The van der Waals surface area contributed by atoms with Crippen LogP contribution < -0.4 is 4.90 Å². The maximum absolute atomic E-state index is 13.7. The van der Waals surface area contributed by atoms with Crippen molar-refractivity contribution in [3.63, 3.8) is 0 Å². The summed E-state index contributed by atoms with van der Waals surface area (Å²) in [5.74, 6) is -1.97. The first kappa shape index (κ1) is 12.7. The molecule has 0 spiro atoms. The number of halogens is 2. The molecule has 0 radical (unpaired) electrons. The number of β-amino-alcohol motifs (C(OH)–C–C–N with tert-alkyl or cyclic N) is 1. The van der Waals surface area contributed by atoms with Crippen molar-refractivity contribution in [1.82, 2.24) is 0 Å². The lowest BCUT2D eigenvalue weighted by atomic mass is 10.1. The summed E-state index contributed by atoms with van der Waals surface area (Å²) in [7, 11) is 0. The second-order valence-electron chi connectivity index (χ2n) is 4.68.